The Balaban J connectivity index is 2.06. The number of aromatic nitrogens is 1. The van der Waals surface area contributed by atoms with E-state index in [2.05, 4.69) is 0 Å². The summed E-state index contributed by atoms with van der Waals surface area (Å²) in [4.78, 5) is 25.7. The van der Waals surface area contributed by atoms with Crippen molar-refractivity contribution in [1.29, 1.82) is 0 Å². The van der Waals surface area contributed by atoms with E-state index in [0.29, 0.717) is 42.6 Å². The summed E-state index contributed by atoms with van der Waals surface area (Å²) in [5.74, 6) is -1.88. The van der Waals surface area contributed by atoms with Crippen LogP contribution in [0.3, 0.4) is 0 Å². The number of aliphatic hydroxyl groups excluding tert-OH is 1. The summed E-state index contributed by atoms with van der Waals surface area (Å²) in [5, 5.41) is 19.8. The fourth-order valence-electron chi connectivity index (χ4n) is 4.27. The molecule has 1 saturated heterocycles. The number of hydrogen-bond donors (Lipinski definition) is 2. The second-order valence-electron chi connectivity index (χ2n) is 7.22. The van der Waals surface area contributed by atoms with Gasteiger partial charge in [0.2, 0.25) is 5.43 Å². The fraction of sp³-hybridized carbons (Fsp3) is 0.474. The number of carboxylic acids is 1. The lowest BCUT2D eigenvalue weighted by atomic mass is 9.93. The zero-order valence-electron chi connectivity index (χ0n) is 14.5. The molecule has 0 aliphatic carbocycles. The number of aryl methyl sites for hydroxylation is 1. The van der Waals surface area contributed by atoms with Crippen LogP contribution in [-0.4, -0.2) is 33.5 Å². The van der Waals surface area contributed by atoms with Gasteiger partial charge in [0.25, 0.3) is 0 Å². The Labute approximate surface area is 149 Å². The molecule has 2 atom stereocenters. The molecule has 3 heterocycles. The molecule has 0 amide bonds. The molecule has 6 nitrogen and oxygen atoms in total. The van der Waals surface area contributed by atoms with Gasteiger partial charge in [-0.3, -0.25) is 4.79 Å². The normalized spacial score (nSPS) is 22.7. The number of carbonyl (C=O) groups is 1. The Kier molecular flexibility index (Phi) is 3.99. The minimum atomic E-state index is -1.31. The second-order valence-corrected chi connectivity index (χ2v) is 7.22. The average Bonchev–Trinajstić information content (AvgIpc) is 2.60. The van der Waals surface area contributed by atoms with Crippen molar-refractivity contribution < 1.29 is 19.4 Å². The number of nitrogens with zero attached hydrogens (tertiary/aromatic N) is 2. The lowest BCUT2D eigenvalue weighted by Gasteiger charge is -2.37. The van der Waals surface area contributed by atoms with Crippen LogP contribution in [0.25, 0.3) is 10.9 Å². The Hall–Kier alpha value is -2.41. The van der Waals surface area contributed by atoms with Gasteiger partial charge in [-0.15, -0.1) is 0 Å². The highest BCUT2D eigenvalue weighted by molar-refractivity contribution is 5.95. The number of carboxylic acid groups (broad SMARTS) is 1. The molecule has 2 aliphatic rings. The molecule has 0 saturated carbocycles. The van der Waals surface area contributed by atoms with E-state index in [0.717, 1.165) is 18.9 Å². The molecule has 26 heavy (non-hydrogen) atoms. The third kappa shape index (κ3) is 2.41. The van der Waals surface area contributed by atoms with Gasteiger partial charge >= 0.3 is 5.97 Å². The van der Waals surface area contributed by atoms with Crippen molar-refractivity contribution in [3.8, 4) is 0 Å². The Morgan fingerprint density at radius 1 is 1.31 bits per heavy atom. The molecular weight excluding hydrogens is 339 g/mol. The molecule has 4 rings (SSSR count). The SMILES string of the molecule is CC1CCc2c(N3CCCC[C@@H]3O)c(F)cc3c(=O)c(C(=O)O)cn1c23. The van der Waals surface area contributed by atoms with E-state index in [9.17, 15) is 19.8 Å². The first-order valence-corrected chi connectivity index (χ1v) is 8.98. The molecule has 2 aromatic rings. The van der Waals surface area contributed by atoms with Gasteiger partial charge in [0.05, 0.1) is 11.2 Å². The molecule has 0 bridgehead atoms. The predicted molar refractivity (Wildman–Crippen MR) is 95.4 cm³/mol. The zero-order valence-corrected chi connectivity index (χ0v) is 14.5. The second kappa shape index (κ2) is 6.09. The van der Waals surface area contributed by atoms with Crippen LogP contribution < -0.4 is 10.3 Å². The van der Waals surface area contributed by atoms with Crippen LogP contribution >= 0.6 is 0 Å². The van der Waals surface area contributed by atoms with Gasteiger partial charge < -0.3 is 19.7 Å². The fourth-order valence-corrected chi connectivity index (χ4v) is 4.27. The first kappa shape index (κ1) is 17.0. The summed E-state index contributed by atoms with van der Waals surface area (Å²) in [6.07, 6.45) is 4.27. The summed E-state index contributed by atoms with van der Waals surface area (Å²) in [7, 11) is 0. The van der Waals surface area contributed by atoms with Gasteiger partial charge in [-0.2, -0.15) is 0 Å². The maximum Gasteiger partial charge on any atom is 0.341 e. The highest BCUT2D eigenvalue weighted by Gasteiger charge is 2.31. The molecule has 0 radical (unpaired) electrons. The summed E-state index contributed by atoms with van der Waals surface area (Å²) in [5.41, 5.74) is 0.625. The molecule has 1 unspecified atom stereocenters. The van der Waals surface area contributed by atoms with E-state index >= 15 is 4.39 Å². The molecule has 2 aliphatic heterocycles. The highest BCUT2D eigenvalue weighted by atomic mass is 19.1. The molecule has 138 valence electrons. The number of halogens is 1. The quantitative estimate of drug-likeness (QED) is 0.860. The van der Waals surface area contributed by atoms with E-state index in [1.54, 1.807) is 9.47 Å². The highest BCUT2D eigenvalue weighted by Crippen LogP contribution is 2.39. The number of anilines is 1. The minimum Gasteiger partial charge on any atom is -0.477 e. The van der Waals surface area contributed by atoms with Crippen molar-refractivity contribution in [2.24, 2.45) is 0 Å². The summed E-state index contributed by atoms with van der Waals surface area (Å²) in [6, 6.07) is 1.15. The van der Waals surface area contributed by atoms with Crippen LogP contribution in [0.2, 0.25) is 0 Å². The van der Waals surface area contributed by atoms with Crippen LogP contribution in [-0.2, 0) is 6.42 Å². The number of aliphatic hydroxyl groups is 1. The predicted octanol–water partition coefficient (Wildman–Crippen LogP) is 2.65. The van der Waals surface area contributed by atoms with Crippen LogP contribution in [0.1, 0.15) is 54.6 Å². The smallest absolute Gasteiger partial charge is 0.341 e. The number of hydrogen-bond acceptors (Lipinski definition) is 4. The third-order valence-electron chi connectivity index (χ3n) is 5.62. The van der Waals surface area contributed by atoms with Gasteiger partial charge in [-0.25, -0.2) is 9.18 Å². The van der Waals surface area contributed by atoms with Crippen molar-refractivity contribution in [3.05, 3.63) is 39.4 Å². The summed E-state index contributed by atoms with van der Waals surface area (Å²) < 4.78 is 16.8. The minimum absolute atomic E-state index is 0.00768. The van der Waals surface area contributed by atoms with Gasteiger partial charge in [0, 0.05) is 29.7 Å². The lowest BCUT2D eigenvalue weighted by molar-refractivity contribution is 0.0694. The molecule has 2 N–H and O–H groups in total. The molecule has 0 spiro atoms. The molecule has 1 aromatic heterocycles. The molecule has 1 fully saturated rings. The first-order valence-electron chi connectivity index (χ1n) is 8.98. The third-order valence-corrected chi connectivity index (χ3v) is 5.62. The van der Waals surface area contributed by atoms with E-state index in [-0.39, 0.29) is 17.0 Å². The Morgan fingerprint density at radius 3 is 2.77 bits per heavy atom. The Morgan fingerprint density at radius 2 is 2.08 bits per heavy atom. The van der Waals surface area contributed by atoms with E-state index in [4.69, 9.17) is 0 Å². The number of pyridine rings is 1. The lowest BCUT2D eigenvalue weighted by Crippen LogP contribution is -2.41. The first-order chi connectivity index (χ1) is 12.4. The van der Waals surface area contributed by atoms with Gasteiger partial charge in [-0.05, 0) is 45.1 Å². The summed E-state index contributed by atoms with van der Waals surface area (Å²) >= 11 is 0. The van der Waals surface area contributed by atoms with Crippen molar-refractivity contribution in [2.45, 2.75) is 51.3 Å². The number of piperidine rings is 1. The van der Waals surface area contributed by atoms with E-state index in [1.807, 2.05) is 6.92 Å². The maximum atomic E-state index is 15.0. The Bertz CT molecular complexity index is 968. The number of benzene rings is 1. The van der Waals surface area contributed by atoms with Gasteiger partial charge in [-0.1, -0.05) is 0 Å². The van der Waals surface area contributed by atoms with Crippen LogP contribution in [0, 0.1) is 5.82 Å². The van der Waals surface area contributed by atoms with Crippen molar-refractivity contribution in [2.75, 3.05) is 11.4 Å². The summed E-state index contributed by atoms with van der Waals surface area (Å²) in [6.45, 7) is 2.51. The van der Waals surface area contributed by atoms with Crippen LogP contribution in [0.5, 0.6) is 0 Å². The monoisotopic (exact) mass is 360 g/mol. The molecule has 1 aromatic carbocycles. The van der Waals surface area contributed by atoms with Crippen LogP contribution in [0.4, 0.5) is 10.1 Å². The average molecular weight is 360 g/mol. The van der Waals surface area contributed by atoms with Gasteiger partial charge in [0.15, 0.2) is 0 Å². The number of aromatic carboxylic acids is 1. The standard InChI is InChI=1S/C19H21FN2O4/c1-10-5-6-11-16-12(18(24)13(19(25)26)9-22(10)16)8-14(20)17(11)21-7-3-2-4-15(21)23/h8-10,15,23H,2-7H2,1H3,(H,25,26)/t10?,15-/m0/s1. The maximum absolute atomic E-state index is 15.0. The van der Waals surface area contributed by atoms with Crippen molar-refractivity contribution in [1.82, 2.24) is 4.57 Å². The van der Waals surface area contributed by atoms with Crippen LogP contribution in [0.15, 0.2) is 17.1 Å². The molecule has 7 heteroatoms. The van der Waals surface area contributed by atoms with E-state index in [1.165, 1.54) is 6.20 Å². The van der Waals surface area contributed by atoms with E-state index < -0.39 is 23.4 Å². The van der Waals surface area contributed by atoms with Crippen molar-refractivity contribution in [3.63, 3.8) is 0 Å². The number of rotatable bonds is 2. The van der Waals surface area contributed by atoms with Gasteiger partial charge in [0.1, 0.15) is 17.6 Å². The van der Waals surface area contributed by atoms with Crippen molar-refractivity contribution >= 4 is 22.6 Å². The zero-order chi connectivity index (χ0) is 18.6. The topological polar surface area (TPSA) is 82.8 Å². The molecular formula is C19H21FN2O4. The largest absolute Gasteiger partial charge is 0.477 e.